The van der Waals surface area contributed by atoms with E-state index >= 15 is 0 Å². The van der Waals surface area contributed by atoms with Gasteiger partial charge in [-0.25, -0.2) is 13.8 Å². The van der Waals surface area contributed by atoms with E-state index in [4.69, 9.17) is 9.47 Å². The topological polar surface area (TPSA) is 64.6 Å². The SMILES string of the molecule is O=C(Cc1ccc(F)cn1)N1C[C@H](Oc2ncccc2F)[C@H]2OCCC[C@H]21. The van der Waals surface area contributed by atoms with Crippen LogP contribution in [-0.4, -0.2) is 52.2 Å². The zero-order valence-corrected chi connectivity index (χ0v) is 14.6. The molecule has 0 aromatic carbocycles. The van der Waals surface area contributed by atoms with Crippen LogP contribution in [0.1, 0.15) is 18.5 Å². The summed E-state index contributed by atoms with van der Waals surface area (Å²) in [4.78, 5) is 22.4. The number of pyridine rings is 2. The highest BCUT2D eigenvalue weighted by Crippen LogP contribution is 2.32. The second-order valence-corrected chi connectivity index (χ2v) is 6.68. The van der Waals surface area contributed by atoms with Crippen molar-refractivity contribution in [1.29, 1.82) is 0 Å². The molecule has 0 radical (unpaired) electrons. The summed E-state index contributed by atoms with van der Waals surface area (Å²) in [5.74, 6) is -1.23. The molecule has 0 saturated carbocycles. The minimum absolute atomic E-state index is 0.0637. The smallest absolute Gasteiger partial charge is 0.250 e. The number of carbonyl (C=O) groups excluding carboxylic acids is 1. The summed E-state index contributed by atoms with van der Waals surface area (Å²) in [6.45, 7) is 0.860. The van der Waals surface area contributed by atoms with Crippen molar-refractivity contribution >= 4 is 5.91 Å². The molecule has 27 heavy (non-hydrogen) atoms. The summed E-state index contributed by atoms with van der Waals surface area (Å²) in [7, 11) is 0. The van der Waals surface area contributed by atoms with Gasteiger partial charge in [0.05, 0.1) is 25.2 Å². The van der Waals surface area contributed by atoms with Crippen LogP contribution < -0.4 is 4.74 Å². The number of nitrogens with zero attached hydrogens (tertiary/aromatic N) is 3. The molecule has 2 aliphatic heterocycles. The Kier molecular flexibility index (Phi) is 4.98. The van der Waals surface area contributed by atoms with Gasteiger partial charge in [0, 0.05) is 18.5 Å². The normalized spacial score (nSPS) is 24.5. The Hall–Kier alpha value is -2.61. The first-order valence-corrected chi connectivity index (χ1v) is 8.90. The van der Waals surface area contributed by atoms with Crippen molar-refractivity contribution in [2.24, 2.45) is 0 Å². The fourth-order valence-corrected chi connectivity index (χ4v) is 3.67. The van der Waals surface area contributed by atoms with Crippen LogP contribution in [0.25, 0.3) is 0 Å². The summed E-state index contributed by atoms with van der Waals surface area (Å²) in [6.07, 6.45) is 3.41. The average Bonchev–Trinajstić information content (AvgIpc) is 3.04. The molecule has 8 heteroatoms. The van der Waals surface area contributed by atoms with Gasteiger partial charge in [0.2, 0.25) is 5.91 Å². The number of carbonyl (C=O) groups is 1. The van der Waals surface area contributed by atoms with Crippen molar-refractivity contribution in [2.45, 2.75) is 37.5 Å². The number of rotatable bonds is 4. The van der Waals surface area contributed by atoms with Crippen LogP contribution in [0.3, 0.4) is 0 Å². The van der Waals surface area contributed by atoms with Gasteiger partial charge < -0.3 is 14.4 Å². The lowest BCUT2D eigenvalue weighted by Crippen LogP contribution is -2.44. The first-order chi connectivity index (χ1) is 13.1. The van der Waals surface area contributed by atoms with Crippen molar-refractivity contribution in [3.05, 3.63) is 54.0 Å². The number of hydrogen-bond acceptors (Lipinski definition) is 5. The van der Waals surface area contributed by atoms with Gasteiger partial charge in [-0.3, -0.25) is 9.78 Å². The second-order valence-electron chi connectivity index (χ2n) is 6.68. The first kappa shape index (κ1) is 17.8. The van der Waals surface area contributed by atoms with Gasteiger partial charge in [-0.05, 0) is 37.1 Å². The monoisotopic (exact) mass is 375 g/mol. The molecule has 2 saturated heterocycles. The van der Waals surface area contributed by atoms with Crippen LogP contribution in [-0.2, 0) is 16.0 Å². The highest BCUT2D eigenvalue weighted by Gasteiger charge is 2.47. The van der Waals surface area contributed by atoms with E-state index < -0.39 is 17.7 Å². The van der Waals surface area contributed by atoms with Crippen LogP contribution in [0, 0.1) is 11.6 Å². The zero-order chi connectivity index (χ0) is 18.8. The van der Waals surface area contributed by atoms with Gasteiger partial charge in [0.1, 0.15) is 18.0 Å². The van der Waals surface area contributed by atoms with E-state index in [1.165, 1.54) is 30.5 Å². The van der Waals surface area contributed by atoms with Crippen molar-refractivity contribution in [1.82, 2.24) is 14.9 Å². The maximum absolute atomic E-state index is 13.9. The lowest BCUT2D eigenvalue weighted by Gasteiger charge is -2.32. The number of fused-ring (bicyclic) bond motifs is 1. The predicted molar refractivity (Wildman–Crippen MR) is 91.0 cm³/mol. The summed E-state index contributed by atoms with van der Waals surface area (Å²) in [5.41, 5.74) is 0.495. The maximum Gasteiger partial charge on any atom is 0.250 e. The summed E-state index contributed by atoms with van der Waals surface area (Å²) >= 11 is 0. The summed E-state index contributed by atoms with van der Waals surface area (Å²) in [5, 5.41) is 0. The van der Waals surface area contributed by atoms with E-state index in [-0.39, 0.29) is 36.9 Å². The molecule has 0 bridgehead atoms. The number of halogens is 2. The lowest BCUT2D eigenvalue weighted by molar-refractivity contribution is -0.134. The van der Waals surface area contributed by atoms with E-state index in [2.05, 4.69) is 9.97 Å². The van der Waals surface area contributed by atoms with Gasteiger partial charge in [-0.15, -0.1) is 0 Å². The van der Waals surface area contributed by atoms with Crippen LogP contribution in [0.4, 0.5) is 8.78 Å². The van der Waals surface area contributed by atoms with Crippen LogP contribution in [0.5, 0.6) is 5.88 Å². The van der Waals surface area contributed by atoms with Crippen molar-refractivity contribution in [3.8, 4) is 5.88 Å². The second kappa shape index (κ2) is 7.56. The highest BCUT2D eigenvalue weighted by atomic mass is 19.1. The summed E-state index contributed by atoms with van der Waals surface area (Å²) in [6, 6.07) is 5.41. The number of likely N-dealkylation sites (tertiary alicyclic amines) is 1. The molecule has 0 spiro atoms. The Bertz CT molecular complexity index is 818. The molecule has 6 nitrogen and oxygen atoms in total. The Morgan fingerprint density at radius 1 is 1.30 bits per heavy atom. The van der Waals surface area contributed by atoms with Crippen LogP contribution in [0.2, 0.25) is 0 Å². The third kappa shape index (κ3) is 3.75. The minimum atomic E-state index is -0.551. The Balaban J connectivity index is 1.50. The lowest BCUT2D eigenvalue weighted by atomic mass is 10.0. The molecule has 4 rings (SSSR count). The van der Waals surface area contributed by atoms with Crippen molar-refractivity contribution in [2.75, 3.05) is 13.2 Å². The molecule has 1 amide bonds. The van der Waals surface area contributed by atoms with E-state index in [1.54, 1.807) is 4.90 Å². The molecule has 2 aromatic heterocycles. The summed E-state index contributed by atoms with van der Waals surface area (Å²) < 4.78 is 38.5. The van der Waals surface area contributed by atoms with Crippen LogP contribution >= 0.6 is 0 Å². The van der Waals surface area contributed by atoms with E-state index in [9.17, 15) is 13.6 Å². The molecule has 0 aliphatic carbocycles. The van der Waals surface area contributed by atoms with Gasteiger partial charge in [-0.2, -0.15) is 0 Å². The molecule has 2 fully saturated rings. The molecule has 2 aromatic rings. The highest BCUT2D eigenvalue weighted by molar-refractivity contribution is 5.79. The average molecular weight is 375 g/mol. The third-order valence-corrected chi connectivity index (χ3v) is 4.91. The van der Waals surface area contributed by atoms with Crippen LogP contribution in [0.15, 0.2) is 36.7 Å². The largest absolute Gasteiger partial charge is 0.468 e. The first-order valence-electron chi connectivity index (χ1n) is 8.90. The molecule has 0 N–H and O–H groups in total. The fraction of sp³-hybridized carbons (Fsp3) is 0.421. The zero-order valence-electron chi connectivity index (χ0n) is 14.6. The molecule has 0 unspecified atom stereocenters. The fourth-order valence-electron chi connectivity index (χ4n) is 3.67. The number of ether oxygens (including phenoxy) is 2. The van der Waals surface area contributed by atoms with Gasteiger partial charge in [0.25, 0.3) is 5.88 Å². The van der Waals surface area contributed by atoms with E-state index in [0.29, 0.717) is 12.3 Å². The predicted octanol–water partition coefficient (Wildman–Crippen LogP) is 2.13. The van der Waals surface area contributed by atoms with E-state index in [1.807, 2.05) is 0 Å². The molecule has 2 aliphatic rings. The molecule has 3 atom stereocenters. The molecular formula is C19H19F2N3O3. The molecule has 4 heterocycles. The van der Waals surface area contributed by atoms with Gasteiger partial charge in [0.15, 0.2) is 5.82 Å². The third-order valence-electron chi connectivity index (χ3n) is 4.91. The number of hydrogen-bond donors (Lipinski definition) is 0. The van der Waals surface area contributed by atoms with Gasteiger partial charge in [-0.1, -0.05) is 0 Å². The maximum atomic E-state index is 13.9. The Labute approximate surface area is 155 Å². The standard InChI is InChI=1S/C19H19F2N3O3/c20-12-5-6-13(23-10-12)9-17(25)24-11-16(18-15(24)4-2-8-26-18)27-19-14(21)3-1-7-22-19/h1,3,5-7,10,15-16,18H,2,4,8-9,11H2/t15-,16+,18+/m1/s1. The number of amides is 1. The molecular weight excluding hydrogens is 356 g/mol. The quantitative estimate of drug-likeness (QED) is 0.819. The van der Waals surface area contributed by atoms with Crippen molar-refractivity contribution < 1.29 is 23.0 Å². The van der Waals surface area contributed by atoms with Crippen molar-refractivity contribution in [3.63, 3.8) is 0 Å². The van der Waals surface area contributed by atoms with E-state index in [0.717, 1.165) is 19.0 Å². The Morgan fingerprint density at radius 3 is 2.96 bits per heavy atom. The Morgan fingerprint density at radius 2 is 2.19 bits per heavy atom. The number of aromatic nitrogens is 2. The van der Waals surface area contributed by atoms with Gasteiger partial charge >= 0.3 is 0 Å². The molecule has 142 valence electrons. The minimum Gasteiger partial charge on any atom is -0.468 e.